The van der Waals surface area contributed by atoms with Gasteiger partial charge in [0, 0.05) is 6.04 Å². The first-order chi connectivity index (χ1) is 5.13. The lowest BCUT2D eigenvalue weighted by Crippen LogP contribution is -2.47. The Morgan fingerprint density at radius 1 is 1.45 bits per heavy atom. The first-order valence-electron chi connectivity index (χ1n) is 3.79. The number of carbonyl (C=O) groups is 1. The minimum Gasteiger partial charge on any atom is -0.481 e. The molecule has 0 amide bonds. The minimum absolute atomic E-state index is 0.557. The van der Waals surface area contributed by atoms with Gasteiger partial charge in [-0.1, -0.05) is 0 Å². The van der Waals surface area contributed by atoms with Gasteiger partial charge in [0.15, 0.2) is 0 Å². The van der Waals surface area contributed by atoms with E-state index >= 15 is 0 Å². The van der Waals surface area contributed by atoms with Gasteiger partial charge >= 0.3 is 5.97 Å². The smallest absolute Gasteiger partial charge is 0.308 e. The second kappa shape index (κ2) is 3.19. The molecule has 0 aromatic carbocycles. The van der Waals surface area contributed by atoms with E-state index in [-0.39, 0.29) is 0 Å². The van der Waals surface area contributed by atoms with E-state index in [1.165, 1.54) is 0 Å². The van der Waals surface area contributed by atoms with Crippen molar-refractivity contribution >= 4 is 5.97 Å². The summed E-state index contributed by atoms with van der Waals surface area (Å²) in [4.78, 5) is 10.5. The lowest BCUT2D eigenvalue weighted by atomic mass is 9.83. The third-order valence-corrected chi connectivity index (χ3v) is 2.24. The molecule has 3 atom stereocenters. The summed E-state index contributed by atoms with van der Waals surface area (Å²) in [6.07, 6.45) is 1.34. The molecule has 0 radical (unpaired) electrons. The van der Waals surface area contributed by atoms with E-state index < -0.39 is 24.0 Å². The molecule has 1 aliphatic rings. The molecule has 1 fully saturated rings. The van der Waals surface area contributed by atoms with E-state index in [0.717, 1.165) is 6.42 Å². The molecular formula is C7H13NO3. The predicted molar refractivity (Wildman–Crippen MR) is 39.0 cm³/mol. The first-order valence-corrected chi connectivity index (χ1v) is 3.79. The molecule has 0 heterocycles. The van der Waals surface area contributed by atoms with Crippen LogP contribution in [-0.2, 0) is 4.79 Å². The van der Waals surface area contributed by atoms with Gasteiger partial charge in [0.05, 0.1) is 12.0 Å². The number of nitrogens with two attached hydrogens (primary N) is 1. The fourth-order valence-corrected chi connectivity index (χ4v) is 1.49. The van der Waals surface area contributed by atoms with Crippen molar-refractivity contribution in [1.82, 2.24) is 0 Å². The Kier molecular flexibility index (Phi) is 2.46. The average molecular weight is 159 g/mol. The maximum absolute atomic E-state index is 10.5. The molecule has 1 aliphatic carbocycles. The van der Waals surface area contributed by atoms with Crippen molar-refractivity contribution in [1.29, 1.82) is 0 Å². The van der Waals surface area contributed by atoms with Crippen LogP contribution in [0, 0.1) is 5.92 Å². The van der Waals surface area contributed by atoms with Gasteiger partial charge in [-0.25, -0.2) is 0 Å². The molecule has 1 rings (SSSR count). The Hall–Kier alpha value is -0.610. The van der Waals surface area contributed by atoms with Crippen molar-refractivity contribution in [2.45, 2.75) is 31.4 Å². The summed E-state index contributed by atoms with van der Waals surface area (Å²) >= 11 is 0. The second-order valence-electron chi connectivity index (χ2n) is 3.02. The predicted octanol–water partition coefficient (Wildman–Crippen LogP) is -0.441. The zero-order valence-electron chi connectivity index (χ0n) is 6.23. The number of carboxylic acid groups (broad SMARTS) is 1. The SMILES string of the molecule is N[C@H]1C(O)CCCC1C(=O)O. The standard InChI is InChI=1S/C7H13NO3/c8-6-4(7(10)11)2-1-3-5(6)9/h4-6,9H,1-3,8H2,(H,10,11)/t4?,5?,6-/m1/s1. The van der Waals surface area contributed by atoms with Crippen LogP contribution in [0.1, 0.15) is 19.3 Å². The molecular weight excluding hydrogens is 146 g/mol. The third kappa shape index (κ3) is 1.70. The van der Waals surface area contributed by atoms with Crippen molar-refractivity contribution < 1.29 is 15.0 Å². The second-order valence-corrected chi connectivity index (χ2v) is 3.02. The number of aliphatic carboxylic acids is 1. The minimum atomic E-state index is -0.892. The summed E-state index contributed by atoms with van der Waals surface area (Å²) in [5.74, 6) is -1.45. The van der Waals surface area contributed by atoms with Crippen LogP contribution in [0.4, 0.5) is 0 Å². The van der Waals surface area contributed by atoms with Crippen LogP contribution in [0.2, 0.25) is 0 Å². The maximum atomic E-state index is 10.5. The van der Waals surface area contributed by atoms with Gasteiger partial charge in [-0.15, -0.1) is 0 Å². The quantitative estimate of drug-likeness (QED) is 0.484. The first kappa shape index (κ1) is 8.49. The monoisotopic (exact) mass is 159 g/mol. The van der Waals surface area contributed by atoms with Gasteiger partial charge in [-0.2, -0.15) is 0 Å². The third-order valence-electron chi connectivity index (χ3n) is 2.24. The highest BCUT2D eigenvalue weighted by molar-refractivity contribution is 5.71. The highest BCUT2D eigenvalue weighted by Gasteiger charge is 2.33. The molecule has 0 aromatic rings. The van der Waals surface area contributed by atoms with Gasteiger partial charge < -0.3 is 15.9 Å². The summed E-state index contributed by atoms with van der Waals surface area (Å²) in [5, 5.41) is 17.8. The summed E-state index contributed by atoms with van der Waals surface area (Å²) in [5.41, 5.74) is 5.49. The van der Waals surface area contributed by atoms with Crippen LogP contribution in [0.15, 0.2) is 0 Å². The van der Waals surface area contributed by atoms with Gasteiger partial charge in [0.2, 0.25) is 0 Å². The average Bonchev–Trinajstić information content (AvgIpc) is 1.94. The van der Waals surface area contributed by atoms with Gasteiger partial charge in [0.25, 0.3) is 0 Å². The molecule has 0 aromatic heterocycles. The molecule has 1 saturated carbocycles. The Balaban J connectivity index is 2.58. The van der Waals surface area contributed by atoms with Crippen LogP contribution in [-0.4, -0.2) is 28.3 Å². The van der Waals surface area contributed by atoms with Gasteiger partial charge in [0.1, 0.15) is 0 Å². The van der Waals surface area contributed by atoms with E-state index in [2.05, 4.69) is 0 Å². The fourth-order valence-electron chi connectivity index (χ4n) is 1.49. The van der Waals surface area contributed by atoms with Crippen LogP contribution in [0.5, 0.6) is 0 Å². The summed E-state index contributed by atoms with van der Waals surface area (Å²) in [7, 11) is 0. The number of rotatable bonds is 1. The largest absolute Gasteiger partial charge is 0.481 e. The number of aliphatic hydroxyl groups is 1. The maximum Gasteiger partial charge on any atom is 0.308 e. The summed E-state index contributed by atoms with van der Waals surface area (Å²) < 4.78 is 0. The number of hydrogen-bond acceptors (Lipinski definition) is 3. The Morgan fingerprint density at radius 3 is 2.55 bits per heavy atom. The molecule has 64 valence electrons. The Morgan fingerprint density at radius 2 is 2.09 bits per heavy atom. The van der Waals surface area contributed by atoms with E-state index in [9.17, 15) is 9.90 Å². The summed E-state index contributed by atoms with van der Waals surface area (Å²) in [6.45, 7) is 0. The summed E-state index contributed by atoms with van der Waals surface area (Å²) in [6, 6.07) is -0.582. The lowest BCUT2D eigenvalue weighted by Gasteiger charge is -2.29. The molecule has 0 aliphatic heterocycles. The lowest BCUT2D eigenvalue weighted by molar-refractivity contribution is -0.145. The number of hydrogen-bond donors (Lipinski definition) is 3. The van der Waals surface area contributed by atoms with Crippen LogP contribution >= 0.6 is 0 Å². The molecule has 2 unspecified atom stereocenters. The fraction of sp³-hybridized carbons (Fsp3) is 0.857. The van der Waals surface area contributed by atoms with Crippen LogP contribution < -0.4 is 5.73 Å². The van der Waals surface area contributed by atoms with Gasteiger partial charge in [-0.05, 0) is 19.3 Å². The van der Waals surface area contributed by atoms with Crippen molar-refractivity contribution in [3.8, 4) is 0 Å². The molecule has 0 bridgehead atoms. The Bertz CT molecular complexity index is 160. The van der Waals surface area contributed by atoms with Crippen molar-refractivity contribution in [2.75, 3.05) is 0 Å². The van der Waals surface area contributed by atoms with Gasteiger partial charge in [-0.3, -0.25) is 4.79 Å². The van der Waals surface area contributed by atoms with E-state index in [0.29, 0.717) is 12.8 Å². The Labute approximate surface area is 65.0 Å². The van der Waals surface area contributed by atoms with E-state index in [1.54, 1.807) is 0 Å². The normalized spacial score (nSPS) is 38.5. The van der Waals surface area contributed by atoms with E-state index in [1.807, 2.05) is 0 Å². The zero-order valence-corrected chi connectivity index (χ0v) is 6.23. The molecule has 0 saturated heterocycles. The van der Waals surface area contributed by atoms with Crippen LogP contribution in [0.3, 0.4) is 0 Å². The zero-order chi connectivity index (χ0) is 8.43. The van der Waals surface area contributed by atoms with Crippen molar-refractivity contribution in [3.05, 3.63) is 0 Å². The van der Waals surface area contributed by atoms with E-state index in [4.69, 9.17) is 10.8 Å². The van der Waals surface area contributed by atoms with Crippen molar-refractivity contribution in [3.63, 3.8) is 0 Å². The molecule has 0 spiro atoms. The van der Waals surface area contributed by atoms with Crippen LogP contribution in [0.25, 0.3) is 0 Å². The molecule has 4 heteroatoms. The molecule has 4 nitrogen and oxygen atoms in total. The van der Waals surface area contributed by atoms with Crippen molar-refractivity contribution in [2.24, 2.45) is 11.7 Å². The number of carboxylic acids is 1. The topological polar surface area (TPSA) is 83.5 Å². The highest BCUT2D eigenvalue weighted by atomic mass is 16.4. The molecule has 11 heavy (non-hydrogen) atoms. The number of aliphatic hydroxyl groups excluding tert-OH is 1. The highest BCUT2D eigenvalue weighted by Crippen LogP contribution is 2.23. The molecule has 4 N–H and O–H groups in total.